The van der Waals surface area contributed by atoms with Crippen molar-refractivity contribution in [3.63, 3.8) is 0 Å². The molecule has 0 bridgehead atoms. The minimum atomic E-state index is -0.722. The number of aromatic nitrogens is 4. The largest absolute Gasteiger partial charge is 0.383 e. The molecule has 1 aromatic carbocycles. The molecular weight excluding hydrogens is 464 g/mol. The number of carbonyl (C=O) groups is 1. The van der Waals surface area contributed by atoms with E-state index in [0.29, 0.717) is 30.3 Å². The van der Waals surface area contributed by atoms with Gasteiger partial charge in [-0.05, 0) is 31.0 Å². The lowest BCUT2D eigenvalue weighted by Crippen LogP contribution is -2.24. The fraction of sp³-hybridized carbons (Fsp3) is 0.240. The standard InChI is InChI=1S/C20H17N5OS.C5H9NO2/c1-13-10-16(19(26)25(2)11-13)24-20-21-9-8-15(23-20)17-12-27-18(22-17)14-6-4-3-5-7-14;1-6-3-2-4(7)5(6)8/h3-12H,1-2H3,(H,21,23,24);4,7H,2-3H2,1H3. The Labute approximate surface area is 206 Å². The lowest BCUT2D eigenvalue weighted by Gasteiger charge is -2.08. The maximum Gasteiger partial charge on any atom is 0.274 e. The van der Waals surface area contributed by atoms with E-state index in [1.54, 1.807) is 43.9 Å². The lowest BCUT2D eigenvalue weighted by atomic mass is 10.2. The Hall–Kier alpha value is -3.89. The molecular formula is C25H26N6O3S. The van der Waals surface area contributed by atoms with E-state index in [0.717, 1.165) is 21.8 Å². The fourth-order valence-corrected chi connectivity index (χ4v) is 4.38. The zero-order valence-electron chi connectivity index (χ0n) is 19.7. The van der Waals surface area contributed by atoms with Crippen LogP contribution in [-0.2, 0) is 11.8 Å². The van der Waals surface area contributed by atoms with E-state index in [2.05, 4.69) is 20.3 Å². The van der Waals surface area contributed by atoms with Crippen molar-refractivity contribution >= 4 is 28.9 Å². The van der Waals surface area contributed by atoms with Crippen LogP contribution < -0.4 is 10.9 Å². The number of pyridine rings is 1. The number of rotatable bonds is 4. The molecule has 4 heterocycles. The third kappa shape index (κ3) is 5.79. The van der Waals surface area contributed by atoms with Crippen molar-refractivity contribution in [3.05, 3.63) is 76.2 Å². The van der Waals surface area contributed by atoms with Gasteiger partial charge in [-0.15, -0.1) is 11.3 Å². The number of nitrogens with zero attached hydrogens (tertiary/aromatic N) is 5. The van der Waals surface area contributed by atoms with Crippen LogP contribution in [0.15, 0.2) is 65.0 Å². The number of amides is 1. The summed E-state index contributed by atoms with van der Waals surface area (Å²) in [7, 11) is 3.41. The first kappa shape index (κ1) is 24.2. The van der Waals surface area contributed by atoms with Crippen molar-refractivity contribution in [1.29, 1.82) is 0 Å². The molecule has 0 aliphatic carbocycles. The average molecular weight is 491 g/mol. The predicted molar refractivity (Wildman–Crippen MR) is 137 cm³/mol. The first-order valence-electron chi connectivity index (χ1n) is 11.0. The quantitative estimate of drug-likeness (QED) is 0.452. The number of anilines is 2. The van der Waals surface area contributed by atoms with Crippen LogP contribution in [0.25, 0.3) is 22.0 Å². The molecule has 4 aromatic rings. The van der Waals surface area contributed by atoms with Crippen LogP contribution in [0, 0.1) is 6.92 Å². The number of hydrogen-bond acceptors (Lipinski definition) is 8. The highest BCUT2D eigenvalue weighted by Gasteiger charge is 2.26. The predicted octanol–water partition coefficient (Wildman–Crippen LogP) is 3.23. The van der Waals surface area contributed by atoms with E-state index in [-0.39, 0.29) is 11.5 Å². The lowest BCUT2D eigenvalue weighted by molar-refractivity contribution is -0.133. The number of hydrogen-bond donors (Lipinski definition) is 2. The number of aryl methyl sites for hydroxylation is 2. The second-order valence-electron chi connectivity index (χ2n) is 8.21. The Morgan fingerprint density at radius 2 is 1.86 bits per heavy atom. The SMILES string of the molecule is CN1CCC(O)C1=O.Cc1cc(Nc2nccc(-c3csc(-c4ccccc4)n3)n2)c(=O)n(C)c1. The van der Waals surface area contributed by atoms with E-state index >= 15 is 0 Å². The van der Waals surface area contributed by atoms with Crippen molar-refractivity contribution in [1.82, 2.24) is 24.4 Å². The summed E-state index contributed by atoms with van der Waals surface area (Å²) in [4.78, 5) is 37.8. The zero-order chi connectivity index (χ0) is 24.9. The van der Waals surface area contributed by atoms with Crippen molar-refractivity contribution in [3.8, 4) is 22.0 Å². The molecule has 1 aliphatic heterocycles. The van der Waals surface area contributed by atoms with Crippen molar-refractivity contribution in [2.24, 2.45) is 7.05 Å². The Balaban J connectivity index is 0.000000308. The van der Waals surface area contributed by atoms with Gasteiger partial charge in [0.1, 0.15) is 22.5 Å². The van der Waals surface area contributed by atoms with E-state index < -0.39 is 6.10 Å². The molecule has 0 radical (unpaired) electrons. The molecule has 1 fully saturated rings. The number of nitrogens with one attached hydrogen (secondary N) is 1. The second-order valence-corrected chi connectivity index (χ2v) is 9.06. The number of aliphatic hydroxyl groups excluding tert-OH is 1. The van der Waals surface area contributed by atoms with Crippen molar-refractivity contribution < 1.29 is 9.90 Å². The normalized spacial score (nSPS) is 15.0. The summed E-state index contributed by atoms with van der Waals surface area (Å²) >= 11 is 1.57. The van der Waals surface area contributed by atoms with Gasteiger partial charge in [-0.2, -0.15) is 0 Å². The molecule has 3 aromatic heterocycles. The maximum absolute atomic E-state index is 12.3. The van der Waals surface area contributed by atoms with Gasteiger partial charge in [-0.3, -0.25) is 9.59 Å². The minimum absolute atomic E-state index is 0.130. The van der Waals surface area contributed by atoms with Gasteiger partial charge >= 0.3 is 0 Å². The second kappa shape index (κ2) is 10.6. The highest BCUT2D eigenvalue weighted by Crippen LogP contribution is 2.28. The summed E-state index contributed by atoms with van der Waals surface area (Å²) in [6.45, 7) is 2.63. The highest BCUT2D eigenvalue weighted by atomic mass is 32.1. The zero-order valence-corrected chi connectivity index (χ0v) is 20.5. The smallest absolute Gasteiger partial charge is 0.274 e. The molecule has 1 unspecified atom stereocenters. The van der Waals surface area contributed by atoms with Crippen LogP contribution in [0.1, 0.15) is 12.0 Å². The highest BCUT2D eigenvalue weighted by molar-refractivity contribution is 7.13. The van der Waals surface area contributed by atoms with E-state index in [1.165, 1.54) is 9.47 Å². The Morgan fingerprint density at radius 3 is 2.51 bits per heavy atom. The maximum atomic E-state index is 12.3. The van der Waals surface area contributed by atoms with Gasteiger partial charge < -0.3 is 19.9 Å². The minimum Gasteiger partial charge on any atom is -0.383 e. The average Bonchev–Trinajstić information content (AvgIpc) is 3.47. The first-order chi connectivity index (χ1) is 16.8. The monoisotopic (exact) mass is 490 g/mol. The van der Waals surface area contributed by atoms with Crippen LogP contribution in [0.5, 0.6) is 0 Å². The molecule has 35 heavy (non-hydrogen) atoms. The molecule has 180 valence electrons. The molecule has 2 N–H and O–H groups in total. The summed E-state index contributed by atoms with van der Waals surface area (Å²) in [5.74, 6) is 0.217. The van der Waals surface area contributed by atoms with E-state index in [4.69, 9.17) is 5.11 Å². The van der Waals surface area contributed by atoms with Gasteiger partial charge in [0, 0.05) is 44.0 Å². The van der Waals surface area contributed by atoms with Crippen LogP contribution in [0.4, 0.5) is 11.6 Å². The van der Waals surface area contributed by atoms with Crippen molar-refractivity contribution in [2.45, 2.75) is 19.4 Å². The molecule has 10 heteroatoms. The molecule has 1 aliphatic rings. The number of benzene rings is 1. The Kier molecular flexibility index (Phi) is 7.33. The van der Waals surface area contributed by atoms with Gasteiger partial charge in [0.25, 0.3) is 11.5 Å². The molecule has 1 atom stereocenters. The van der Waals surface area contributed by atoms with Crippen LogP contribution in [-0.4, -0.2) is 55.1 Å². The molecule has 9 nitrogen and oxygen atoms in total. The molecule has 0 saturated carbocycles. The van der Waals surface area contributed by atoms with Crippen LogP contribution in [0.3, 0.4) is 0 Å². The molecule has 5 rings (SSSR count). The van der Waals surface area contributed by atoms with E-state index in [9.17, 15) is 9.59 Å². The Morgan fingerprint density at radius 1 is 1.09 bits per heavy atom. The van der Waals surface area contributed by atoms with Gasteiger partial charge in [0.05, 0.1) is 5.69 Å². The van der Waals surface area contributed by atoms with Crippen LogP contribution in [0.2, 0.25) is 0 Å². The number of aliphatic hydroxyl groups is 1. The number of likely N-dealkylation sites (tertiary alicyclic amines) is 1. The third-order valence-electron chi connectivity index (χ3n) is 5.41. The summed E-state index contributed by atoms with van der Waals surface area (Å²) in [6.07, 6.45) is 3.31. The molecule has 0 spiro atoms. The molecule has 1 saturated heterocycles. The summed E-state index contributed by atoms with van der Waals surface area (Å²) in [5, 5.41) is 14.7. The van der Waals surface area contributed by atoms with Gasteiger partial charge in [-0.25, -0.2) is 15.0 Å². The topological polar surface area (TPSA) is 113 Å². The Bertz CT molecular complexity index is 1370. The van der Waals surface area contributed by atoms with Gasteiger partial charge in [0.15, 0.2) is 0 Å². The van der Waals surface area contributed by atoms with Crippen molar-refractivity contribution in [2.75, 3.05) is 18.9 Å². The van der Waals surface area contributed by atoms with Crippen LogP contribution >= 0.6 is 11.3 Å². The third-order valence-corrected chi connectivity index (χ3v) is 6.30. The first-order valence-corrected chi connectivity index (χ1v) is 11.9. The summed E-state index contributed by atoms with van der Waals surface area (Å²) < 4.78 is 1.54. The summed E-state index contributed by atoms with van der Waals surface area (Å²) in [6, 6.07) is 13.6. The van der Waals surface area contributed by atoms with Gasteiger partial charge in [0.2, 0.25) is 5.95 Å². The summed E-state index contributed by atoms with van der Waals surface area (Å²) in [5.41, 5.74) is 3.84. The fourth-order valence-electron chi connectivity index (χ4n) is 3.56. The number of thiazole rings is 1. The molecule has 1 amide bonds. The van der Waals surface area contributed by atoms with Gasteiger partial charge in [-0.1, -0.05) is 30.3 Å². The number of carbonyl (C=O) groups excluding carboxylic acids is 1. The number of likely N-dealkylation sites (N-methyl/N-ethyl adjacent to an activating group) is 1. The van der Waals surface area contributed by atoms with E-state index in [1.807, 2.05) is 48.7 Å².